The maximum absolute atomic E-state index is 13.1. The highest BCUT2D eigenvalue weighted by Crippen LogP contribution is 2.23. The maximum Gasteiger partial charge on any atom is 0.249 e. The normalized spacial score (nSPS) is 20.8. The molecular formula is C56H107NO10. The molecule has 1 aliphatic heterocycles. The molecular weight excluding hydrogens is 847 g/mol. The summed E-state index contributed by atoms with van der Waals surface area (Å²) in [6.07, 6.45) is 43.2. The lowest BCUT2D eigenvalue weighted by Gasteiger charge is -2.40. The molecule has 1 saturated heterocycles. The van der Waals surface area contributed by atoms with Gasteiger partial charge in [-0.3, -0.25) is 4.79 Å². The van der Waals surface area contributed by atoms with Gasteiger partial charge in [0.05, 0.1) is 25.4 Å². The van der Waals surface area contributed by atoms with Gasteiger partial charge in [0.15, 0.2) is 6.29 Å². The highest BCUT2D eigenvalue weighted by atomic mass is 16.7. The molecule has 0 aromatic rings. The molecule has 0 spiro atoms. The summed E-state index contributed by atoms with van der Waals surface area (Å²) < 4.78 is 11.1. The average Bonchev–Trinajstić information content (AvgIpc) is 3.33. The van der Waals surface area contributed by atoms with Gasteiger partial charge in [-0.25, -0.2) is 0 Å². The van der Waals surface area contributed by atoms with E-state index in [2.05, 4.69) is 24.4 Å². The first-order valence-electron chi connectivity index (χ1n) is 28.2. The number of carbonyl (C=O) groups is 1. The molecule has 0 aliphatic carbocycles. The number of nitrogens with one attached hydrogen (secondary N) is 1. The van der Waals surface area contributed by atoms with E-state index < -0.39 is 74.2 Å². The minimum absolute atomic E-state index is 0.245. The van der Waals surface area contributed by atoms with Gasteiger partial charge in [0.1, 0.15) is 36.6 Å². The molecule has 396 valence electrons. The fourth-order valence-electron chi connectivity index (χ4n) is 9.23. The molecule has 0 aromatic heterocycles. The Hall–Kier alpha value is -1.41. The Bertz CT molecular complexity index is 1140. The topological polar surface area (TPSA) is 189 Å². The van der Waals surface area contributed by atoms with Gasteiger partial charge in [0.2, 0.25) is 5.91 Å². The van der Waals surface area contributed by atoms with Crippen molar-refractivity contribution in [2.75, 3.05) is 13.2 Å². The lowest BCUT2D eigenvalue weighted by atomic mass is 9.98. The van der Waals surface area contributed by atoms with E-state index in [-0.39, 0.29) is 12.8 Å². The lowest BCUT2D eigenvalue weighted by Crippen LogP contribution is -2.60. The van der Waals surface area contributed by atoms with Crippen LogP contribution in [0.1, 0.15) is 258 Å². The van der Waals surface area contributed by atoms with Gasteiger partial charge < -0.3 is 50.5 Å². The van der Waals surface area contributed by atoms with Crippen LogP contribution in [-0.2, 0) is 14.3 Å². The monoisotopic (exact) mass is 954 g/mol. The van der Waals surface area contributed by atoms with Crippen molar-refractivity contribution in [2.45, 2.75) is 313 Å². The molecule has 11 nitrogen and oxygen atoms in total. The highest BCUT2D eigenvalue weighted by molar-refractivity contribution is 5.80. The van der Waals surface area contributed by atoms with Crippen LogP contribution in [0.3, 0.4) is 0 Å². The first-order chi connectivity index (χ1) is 32.7. The standard InChI is InChI=1S/C56H107NO10/c1-3-5-7-9-11-13-14-15-16-17-18-19-20-21-22-23-24-25-26-27-28-29-30-31-32-33-34-35-36-38-40-42-44-49(60)55(65)57-47(46-66-56-54(64)53(63)52(62)50(45-58)67-56)51(61)48(59)43-41-39-37-12-10-8-6-4-2/h4,6,12,37,47-54,56,58-64H,3,5,7-11,13-36,38-46H2,1-2H3,(H,57,65)/b6-4+,37-12+. The molecule has 0 aromatic carbocycles. The van der Waals surface area contributed by atoms with E-state index >= 15 is 0 Å². The van der Waals surface area contributed by atoms with Crippen molar-refractivity contribution in [2.24, 2.45) is 0 Å². The van der Waals surface area contributed by atoms with Crippen molar-refractivity contribution in [3.63, 3.8) is 0 Å². The number of ether oxygens (including phenoxy) is 2. The zero-order chi connectivity index (χ0) is 49.0. The second-order valence-electron chi connectivity index (χ2n) is 20.0. The molecule has 0 bridgehead atoms. The lowest BCUT2D eigenvalue weighted by molar-refractivity contribution is -0.303. The Labute approximate surface area is 410 Å². The molecule has 9 unspecified atom stereocenters. The fraction of sp³-hybridized carbons (Fsp3) is 0.911. The zero-order valence-corrected chi connectivity index (χ0v) is 43.1. The molecule has 11 heteroatoms. The second kappa shape index (κ2) is 45.7. The van der Waals surface area contributed by atoms with E-state index in [4.69, 9.17) is 9.47 Å². The average molecular weight is 954 g/mol. The second-order valence-corrected chi connectivity index (χ2v) is 20.0. The van der Waals surface area contributed by atoms with Crippen molar-refractivity contribution in [1.82, 2.24) is 5.32 Å². The van der Waals surface area contributed by atoms with Crippen LogP contribution in [0, 0.1) is 0 Å². The van der Waals surface area contributed by atoms with Gasteiger partial charge in [-0.2, -0.15) is 0 Å². The number of aliphatic hydroxyl groups is 7. The molecule has 1 aliphatic rings. The third-order valence-corrected chi connectivity index (χ3v) is 13.8. The minimum Gasteiger partial charge on any atom is -0.394 e. The van der Waals surface area contributed by atoms with Crippen LogP contribution < -0.4 is 5.32 Å². The first-order valence-corrected chi connectivity index (χ1v) is 28.2. The van der Waals surface area contributed by atoms with Crippen LogP contribution in [0.25, 0.3) is 0 Å². The van der Waals surface area contributed by atoms with Gasteiger partial charge in [0, 0.05) is 0 Å². The van der Waals surface area contributed by atoms with Crippen molar-refractivity contribution < 1.29 is 50.0 Å². The predicted octanol–water partition coefficient (Wildman–Crippen LogP) is 11.3. The molecule has 0 radical (unpaired) electrons. The van der Waals surface area contributed by atoms with E-state index in [9.17, 15) is 40.5 Å². The minimum atomic E-state index is -1.67. The van der Waals surface area contributed by atoms with E-state index in [0.29, 0.717) is 19.3 Å². The summed E-state index contributed by atoms with van der Waals surface area (Å²) in [4.78, 5) is 13.1. The van der Waals surface area contributed by atoms with Gasteiger partial charge in [0.25, 0.3) is 0 Å². The van der Waals surface area contributed by atoms with Crippen LogP contribution in [0.4, 0.5) is 0 Å². The van der Waals surface area contributed by atoms with Crippen molar-refractivity contribution in [3.8, 4) is 0 Å². The molecule has 8 N–H and O–H groups in total. The summed E-state index contributed by atoms with van der Waals surface area (Å²) in [6.45, 7) is 3.20. The number of amides is 1. The third-order valence-electron chi connectivity index (χ3n) is 13.8. The first kappa shape index (κ1) is 63.6. The number of aliphatic hydroxyl groups excluding tert-OH is 7. The third kappa shape index (κ3) is 34.5. The Balaban J connectivity index is 2.12. The Morgan fingerprint density at radius 3 is 1.36 bits per heavy atom. The van der Waals surface area contributed by atoms with E-state index in [0.717, 1.165) is 32.1 Å². The van der Waals surface area contributed by atoms with Crippen molar-refractivity contribution >= 4 is 5.91 Å². The van der Waals surface area contributed by atoms with Gasteiger partial charge >= 0.3 is 0 Å². The summed E-state index contributed by atoms with van der Waals surface area (Å²) in [5.41, 5.74) is 0. The number of carbonyl (C=O) groups excluding carboxylic acids is 1. The molecule has 67 heavy (non-hydrogen) atoms. The molecule has 1 heterocycles. The largest absolute Gasteiger partial charge is 0.394 e. The van der Waals surface area contributed by atoms with Crippen LogP contribution in [0.5, 0.6) is 0 Å². The summed E-state index contributed by atoms with van der Waals surface area (Å²) in [5, 5.41) is 75.5. The SMILES string of the molecule is C/C=C/CC/C=C/CCCC(O)C(O)C(COC1OC(CO)C(O)C(O)C1O)NC(=O)C(O)CCCCCCCCCCCCCCCCCCCCCCCCCCCCCCCCCC. The maximum atomic E-state index is 13.1. The Morgan fingerprint density at radius 1 is 0.537 bits per heavy atom. The Kier molecular flexibility index (Phi) is 43.4. The van der Waals surface area contributed by atoms with E-state index in [1.165, 1.54) is 180 Å². The van der Waals surface area contributed by atoms with Crippen LogP contribution in [0.15, 0.2) is 24.3 Å². The van der Waals surface area contributed by atoms with Crippen LogP contribution in [0.2, 0.25) is 0 Å². The summed E-state index contributed by atoms with van der Waals surface area (Å²) in [7, 11) is 0. The molecule has 9 atom stereocenters. The summed E-state index contributed by atoms with van der Waals surface area (Å²) in [6, 6.07) is -1.19. The van der Waals surface area contributed by atoms with Gasteiger partial charge in [-0.15, -0.1) is 0 Å². The Morgan fingerprint density at radius 2 is 0.940 bits per heavy atom. The number of allylic oxidation sites excluding steroid dienone is 4. The molecule has 1 fully saturated rings. The fourth-order valence-corrected chi connectivity index (χ4v) is 9.23. The highest BCUT2D eigenvalue weighted by Gasteiger charge is 2.44. The van der Waals surface area contributed by atoms with E-state index in [1.54, 1.807) is 0 Å². The predicted molar refractivity (Wildman–Crippen MR) is 275 cm³/mol. The van der Waals surface area contributed by atoms with Gasteiger partial charge in [-0.05, 0) is 45.4 Å². The molecule has 1 amide bonds. The zero-order valence-electron chi connectivity index (χ0n) is 43.1. The smallest absolute Gasteiger partial charge is 0.249 e. The number of hydrogen-bond acceptors (Lipinski definition) is 10. The summed E-state index contributed by atoms with van der Waals surface area (Å²) in [5.74, 6) is -0.710. The van der Waals surface area contributed by atoms with Crippen LogP contribution >= 0.6 is 0 Å². The van der Waals surface area contributed by atoms with Crippen molar-refractivity contribution in [3.05, 3.63) is 24.3 Å². The number of rotatable bonds is 48. The number of unbranched alkanes of at least 4 members (excludes halogenated alkanes) is 33. The van der Waals surface area contributed by atoms with E-state index in [1.807, 2.05) is 19.1 Å². The van der Waals surface area contributed by atoms with Crippen molar-refractivity contribution in [1.29, 1.82) is 0 Å². The summed E-state index contributed by atoms with van der Waals surface area (Å²) >= 11 is 0. The quantitative estimate of drug-likeness (QED) is 0.0215. The molecule has 1 rings (SSSR count). The van der Waals surface area contributed by atoms with Crippen LogP contribution in [-0.4, -0.2) is 110 Å². The molecule has 0 saturated carbocycles. The van der Waals surface area contributed by atoms with Gasteiger partial charge in [-0.1, -0.05) is 237 Å². The number of hydrogen-bond donors (Lipinski definition) is 8.